The molecule has 0 saturated carbocycles. The van der Waals surface area contributed by atoms with E-state index in [1.165, 1.54) is 0 Å². The van der Waals surface area contributed by atoms with Gasteiger partial charge in [0.05, 0.1) is 24.3 Å². The van der Waals surface area contributed by atoms with Crippen molar-refractivity contribution < 1.29 is 19.1 Å². The SMILES string of the molecule is CCOC(=O)CCC(=O)Nc1ccccc1C(=O)Nc1ccc(C)c(C)c1. The average molecular weight is 368 g/mol. The van der Waals surface area contributed by atoms with Crippen LogP contribution in [-0.2, 0) is 14.3 Å². The summed E-state index contributed by atoms with van der Waals surface area (Å²) in [6.45, 7) is 5.97. The van der Waals surface area contributed by atoms with Gasteiger partial charge in [-0.25, -0.2) is 0 Å². The van der Waals surface area contributed by atoms with Crippen LogP contribution in [0.3, 0.4) is 0 Å². The van der Waals surface area contributed by atoms with E-state index in [-0.39, 0.29) is 31.3 Å². The third kappa shape index (κ3) is 5.95. The molecule has 0 aliphatic carbocycles. The molecule has 142 valence electrons. The minimum absolute atomic E-state index is 0.00329. The number of amides is 2. The maximum atomic E-state index is 12.6. The Labute approximate surface area is 158 Å². The first-order valence-corrected chi connectivity index (χ1v) is 8.83. The molecule has 0 aromatic heterocycles. The molecule has 0 unspecified atom stereocenters. The third-order valence-electron chi connectivity index (χ3n) is 4.07. The highest BCUT2D eigenvalue weighted by atomic mass is 16.5. The lowest BCUT2D eigenvalue weighted by molar-refractivity contribution is -0.144. The van der Waals surface area contributed by atoms with Gasteiger partial charge in [-0.3, -0.25) is 14.4 Å². The Kier molecular flexibility index (Phi) is 7.11. The summed E-state index contributed by atoms with van der Waals surface area (Å²) in [5, 5.41) is 5.53. The molecule has 2 rings (SSSR count). The summed E-state index contributed by atoms with van der Waals surface area (Å²) in [5.41, 5.74) is 3.65. The molecular formula is C21H24N2O4. The summed E-state index contributed by atoms with van der Waals surface area (Å²) in [7, 11) is 0. The summed E-state index contributed by atoms with van der Waals surface area (Å²) in [6.07, 6.45) is -0.0113. The Hall–Kier alpha value is -3.15. The van der Waals surface area contributed by atoms with Gasteiger partial charge in [-0.15, -0.1) is 0 Å². The number of esters is 1. The third-order valence-corrected chi connectivity index (χ3v) is 4.07. The van der Waals surface area contributed by atoms with Gasteiger partial charge in [0.2, 0.25) is 5.91 Å². The predicted octanol–water partition coefficient (Wildman–Crippen LogP) is 3.84. The summed E-state index contributed by atoms with van der Waals surface area (Å²) in [4.78, 5) is 36.1. The second-order valence-electron chi connectivity index (χ2n) is 6.15. The number of carbonyl (C=O) groups is 3. The van der Waals surface area contributed by atoms with E-state index in [9.17, 15) is 14.4 Å². The highest BCUT2D eigenvalue weighted by molar-refractivity contribution is 6.10. The van der Waals surface area contributed by atoms with Crippen LogP contribution in [0.15, 0.2) is 42.5 Å². The van der Waals surface area contributed by atoms with Gasteiger partial charge >= 0.3 is 5.97 Å². The molecule has 0 aliphatic heterocycles. The number of hydrogen-bond acceptors (Lipinski definition) is 4. The normalized spacial score (nSPS) is 10.2. The zero-order chi connectivity index (χ0) is 19.8. The Bertz CT molecular complexity index is 846. The number of hydrogen-bond donors (Lipinski definition) is 2. The molecule has 0 radical (unpaired) electrons. The molecule has 2 amide bonds. The van der Waals surface area contributed by atoms with E-state index in [0.717, 1.165) is 11.1 Å². The molecule has 0 saturated heterocycles. The zero-order valence-corrected chi connectivity index (χ0v) is 15.8. The molecule has 2 N–H and O–H groups in total. The fraction of sp³-hybridized carbons (Fsp3) is 0.286. The van der Waals surface area contributed by atoms with E-state index in [2.05, 4.69) is 10.6 Å². The molecule has 2 aromatic rings. The van der Waals surface area contributed by atoms with Crippen molar-refractivity contribution in [1.82, 2.24) is 0 Å². The minimum Gasteiger partial charge on any atom is -0.466 e. The smallest absolute Gasteiger partial charge is 0.306 e. The van der Waals surface area contributed by atoms with Crippen LogP contribution in [-0.4, -0.2) is 24.4 Å². The van der Waals surface area contributed by atoms with Crippen LogP contribution < -0.4 is 10.6 Å². The predicted molar refractivity (Wildman–Crippen MR) is 105 cm³/mol. The summed E-state index contributed by atoms with van der Waals surface area (Å²) >= 11 is 0. The number of benzene rings is 2. The van der Waals surface area contributed by atoms with E-state index < -0.39 is 5.97 Å². The quantitative estimate of drug-likeness (QED) is 0.727. The van der Waals surface area contributed by atoms with Crippen molar-refractivity contribution >= 4 is 29.2 Å². The molecule has 0 heterocycles. The van der Waals surface area contributed by atoms with Crippen LogP contribution in [0.1, 0.15) is 41.3 Å². The Morgan fingerprint density at radius 1 is 0.926 bits per heavy atom. The minimum atomic E-state index is -0.423. The van der Waals surface area contributed by atoms with Gasteiger partial charge in [-0.1, -0.05) is 18.2 Å². The Balaban J connectivity index is 2.05. The summed E-state index contributed by atoms with van der Waals surface area (Å²) < 4.78 is 4.81. The van der Waals surface area contributed by atoms with Gasteiger partial charge in [0.15, 0.2) is 0 Å². The van der Waals surface area contributed by atoms with Crippen molar-refractivity contribution in [2.24, 2.45) is 0 Å². The van der Waals surface area contributed by atoms with E-state index in [0.29, 0.717) is 16.9 Å². The number of ether oxygens (including phenoxy) is 1. The summed E-state index contributed by atoms with van der Waals surface area (Å²) in [6, 6.07) is 12.4. The van der Waals surface area contributed by atoms with E-state index in [4.69, 9.17) is 4.74 Å². The van der Waals surface area contributed by atoms with Crippen LogP contribution in [0.4, 0.5) is 11.4 Å². The second kappa shape index (κ2) is 9.52. The first-order valence-electron chi connectivity index (χ1n) is 8.83. The lowest BCUT2D eigenvalue weighted by atomic mass is 10.1. The fourth-order valence-corrected chi connectivity index (χ4v) is 2.47. The van der Waals surface area contributed by atoms with Crippen LogP contribution in [0.2, 0.25) is 0 Å². The molecule has 0 atom stereocenters. The first kappa shape index (κ1) is 20.2. The van der Waals surface area contributed by atoms with Crippen LogP contribution in [0.25, 0.3) is 0 Å². The zero-order valence-electron chi connectivity index (χ0n) is 15.8. The van der Waals surface area contributed by atoms with Crippen molar-refractivity contribution in [2.75, 3.05) is 17.2 Å². The topological polar surface area (TPSA) is 84.5 Å². The van der Waals surface area contributed by atoms with Gasteiger partial charge in [-0.05, 0) is 56.2 Å². The van der Waals surface area contributed by atoms with Gasteiger partial charge in [0, 0.05) is 12.1 Å². The van der Waals surface area contributed by atoms with Gasteiger partial charge in [-0.2, -0.15) is 0 Å². The molecule has 0 spiro atoms. The molecule has 0 bridgehead atoms. The van der Waals surface area contributed by atoms with Crippen LogP contribution >= 0.6 is 0 Å². The molecule has 0 aliphatic rings. The van der Waals surface area contributed by atoms with Gasteiger partial charge in [0.25, 0.3) is 5.91 Å². The number of aryl methyl sites for hydroxylation is 2. The Morgan fingerprint density at radius 2 is 1.67 bits per heavy atom. The monoisotopic (exact) mass is 368 g/mol. The fourth-order valence-electron chi connectivity index (χ4n) is 2.47. The lowest BCUT2D eigenvalue weighted by Gasteiger charge is -2.12. The number of para-hydroxylation sites is 1. The number of anilines is 2. The highest BCUT2D eigenvalue weighted by Gasteiger charge is 2.14. The first-order chi connectivity index (χ1) is 12.9. The molecule has 6 heteroatoms. The van der Waals surface area contributed by atoms with Crippen molar-refractivity contribution in [3.63, 3.8) is 0 Å². The summed E-state index contributed by atoms with van der Waals surface area (Å²) in [5.74, 6) is -1.09. The lowest BCUT2D eigenvalue weighted by Crippen LogP contribution is -2.19. The number of rotatable bonds is 7. The van der Waals surface area contributed by atoms with E-state index in [1.807, 2.05) is 32.0 Å². The van der Waals surface area contributed by atoms with Gasteiger partial charge in [0.1, 0.15) is 0 Å². The molecule has 0 fully saturated rings. The van der Waals surface area contributed by atoms with Gasteiger partial charge < -0.3 is 15.4 Å². The molecule has 2 aromatic carbocycles. The van der Waals surface area contributed by atoms with E-state index >= 15 is 0 Å². The standard InChI is InChI=1S/C21H24N2O4/c1-4-27-20(25)12-11-19(24)23-18-8-6-5-7-17(18)21(26)22-16-10-9-14(2)15(3)13-16/h5-10,13H,4,11-12H2,1-3H3,(H,22,26)(H,23,24). The maximum absolute atomic E-state index is 12.6. The van der Waals surface area contributed by atoms with Crippen molar-refractivity contribution in [3.05, 3.63) is 59.2 Å². The van der Waals surface area contributed by atoms with Crippen molar-refractivity contribution in [1.29, 1.82) is 0 Å². The molecule has 27 heavy (non-hydrogen) atoms. The number of carbonyl (C=O) groups excluding carboxylic acids is 3. The largest absolute Gasteiger partial charge is 0.466 e. The van der Waals surface area contributed by atoms with Crippen LogP contribution in [0.5, 0.6) is 0 Å². The number of nitrogens with one attached hydrogen (secondary N) is 2. The average Bonchev–Trinajstić information content (AvgIpc) is 2.64. The Morgan fingerprint density at radius 3 is 2.37 bits per heavy atom. The highest BCUT2D eigenvalue weighted by Crippen LogP contribution is 2.19. The van der Waals surface area contributed by atoms with E-state index in [1.54, 1.807) is 31.2 Å². The van der Waals surface area contributed by atoms with Crippen LogP contribution in [0, 0.1) is 13.8 Å². The molecule has 6 nitrogen and oxygen atoms in total. The van der Waals surface area contributed by atoms with Crippen molar-refractivity contribution in [3.8, 4) is 0 Å². The maximum Gasteiger partial charge on any atom is 0.306 e. The molecular weight excluding hydrogens is 344 g/mol. The van der Waals surface area contributed by atoms with Crippen molar-refractivity contribution in [2.45, 2.75) is 33.6 Å². The second-order valence-corrected chi connectivity index (χ2v) is 6.15.